The number of halogens is 1. The van der Waals surface area contributed by atoms with E-state index in [1.54, 1.807) is 6.92 Å². The van der Waals surface area contributed by atoms with Gasteiger partial charge in [-0.05, 0) is 55.7 Å². The molecule has 136 valence electrons. The molecule has 1 N–H and O–H groups in total. The van der Waals surface area contributed by atoms with Crippen molar-refractivity contribution in [1.82, 2.24) is 10.2 Å². The van der Waals surface area contributed by atoms with Crippen molar-refractivity contribution < 1.29 is 14.3 Å². The van der Waals surface area contributed by atoms with Crippen LogP contribution in [0.15, 0.2) is 46.9 Å². The Hall–Kier alpha value is -2.34. The quantitative estimate of drug-likeness (QED) is 0.751. The molecule has 6 heteroatoms. The van der Waals surface area contributed by atoms with E-state index in [0.29, 0.717) is 0 Å². The first-order valence-corrected chi connectivity index (χ1v) is 9.21. The molecule has 1 fully saturated rings. The Morgan fingerprint density at radius 3 is 2.65 bits per heavy atom. The number of imide groups is 1. The number of benzene rings is 2. The Labute approximate surface area is 161 Å². The van der Waals surface area contributed by atoms with Gasteiger partial charge < -0.3 is 10.1 Å². The van der Waals surface area contributed by atoms with Crippen LogP contribution in [-0.2, 0) is 10.3 Å². The van der Waals surface area contributed by atoms with Crippen molar-refractivity contribution in [2.45, 2.75) is 26.3 Å². The minimum Gasteiger partial charge on any atom is -0.491 e. The van der Waals surface area contributed by atoms with Crippen molar-refractivity contribution in [3.8, 4) is 5.75 Å². The van der Waals surface area contributed by atoms with Gasteiger partial charge in [0.1, 0.15) is 17.9 Å². The maximum Gasteiger partial charge on any atom is 0.325 e. The van der Waals surface area contributed by atoms with Crippen molar-refractivity contribution in [3.63, 3.8) is 0 Å². The van der Waals surface area contributed by atoms with E-state index >= 15 is 0 Å². The lowest BCUT2D eigenvalue weighted by Crippen LogP contribution is -2.41. The van der Waals surface area contributed by atoms with Crippen LogP contribution in [0.1, 0.15) is 23.6 Å². The van der Waals surface area contributed by atoms with E-state index in [-0.39, 0.29) is 19.1 Å². The Bertz CT molecular complexity index is 868. The summed E-state index contributed by atoms with van der Waals surface area (Å²) in [5.41, 5.74) is 1.79. The van der Waals surface area contributed by atoms with Crippen molar-refractivity contribution in [2.24, 2.45) is 0 Å². The van der Waals surface area contributed by atoms with Gasteiger partial charge in [0.2, 0.25) is 0 Å². The van der Waals surface area contributed by atoms with Crippen LogP contribution in [0.5, 0.6) is 5.75 Å². The molecule has 1 unspecified atom stereocenters. The molecule has 1 heterocycles. The van der Waals surface area contributed by atoms with E-state index in [1.165, 1.54) is 4.90 Å². The monoisotopic (exact) mass is 416 g/mol. The molecule has 2 aromatic rings. The number of hydrogen-bond donors (Lipinski definition) is 1. The number of amides is 3. The Kier molecular flexibility index (Phi) is 5.05. The molecule has 0 bridgehead atoms. The van der Waals surface area contributed by atoms with Gasteiger partial charge in [-0.25, -0.2) is 4.79 Å². The van der Waals surface area contributed by atoms with Gasteiger partial charge in [0.25, 0.3) is 5.91 Å². The van der Waals surface area contributed by atoms with Crippen LogP contribution in [0, 0.1) is 13.8 Å². The fourth-order valence-electron chi connectivity index (χ4n) is 3.00. The molecule has 0 aliphatic carbocycles. The lowest BCUT2D eigenvalue weighted by molar-refractivity contribution is -0.131. The fourth-order valence-corrected chi connectivity index (χ4v) is 3.40. The molecule has 3 rings (SSSR count). The standard InChI is InChI=1S/C20H21BrN2O3/c1-13-7-8-14(2)17(11-13)26-10-9-23-18(24)20(3,22-19(23)25)15-5-4-6-16(21)12-15/h4-8,11-12H,9-10H2,1-3H3,(H,22,25). The van der Waals surface area contributed by atoms with Gasteiger partial charge in [0, 0.05) is 4.47 Å². The highest BCUT2D eigenvalue weighted by Gasteiger charge is 2.48. The Balaban J connectivity index is 1.70. The number of carbonyl (C=O) groups excluding carboxylic acids is 2. The highest BCUT2D eigenvalue weighted by atomic mass is 79.9. The molecule has 1 aliphatic heterocycles. The highest BCUT2D eigenvalue weighted by Crippen LogP contribution is 2.30. The SMILES string of the molecule is Cc1ccc(C)c(OCCN2C(=O)NC(C)(c3cccc(Br)c3)C2=O)c1. The van der Waals surface area contributed by atoms with Gasteiger partial charge in [-0.3, -0.25) is 9.69 Å². The second-order valence-corrected chi connectivity index (χ2v) is 7.56. The predicted octanol–water partition coefficient (Wildman–Crippen LogP) is 3.91. The predicted molar refractivity (Wildman–Crippen MR) is 103 cm³/mol. The average molecular weight is 417 g/mol. The second kappa shape index (κ2) is 7.11. The van der Waals surface area contributed by atoms with Crippen LogP contribution in [0.3, 0.4) is 0 Å². The Morgan fingerprint density at radius 2 is 1.92 bits per heavy atom. The van der Waals surface area contributed by atoms with Gasteiger partial charge in [0.05, 0.1) is 6.54 Å². The third kappa shape index (κ3) is 3.46. The van der Waals surface area contributed by atoms with Crippen LogP contribution in [-0.4, -0.2) is 30.0 Å². The van der Waals surface area contributed by atoms with Gasteiger partial charge in [0.15, 0.2) is 0 Å². The summed E-state index contributed by atoms with van der Waals surface area (Å²) in [5.74, 6) is 0.497. The number of urea groups is 1. The third-order valence-electron chi connectivity index (χ3n) is 4.59. The summed E-state index contributed by atoms with van der Waals surface area (Å²) in [5, 5.41) is 2.80. The fraction of sp³-hybridized carbons (Fsp3) is 0.300. The summed E-state index contributed by atoms with van der Waals surface area (Å²) >= 11 is 3.41. The van der Waals surface area contributed by atoms with Gasteiger partial charge in [-0.1, -0.05) is 40.2 Å². The molecule has 26 heavy (non-hydrogen) atoms. The number of aryl methyl sites for hydroxylation is 2. The summed E-state index contributed by atoms with van der Waals surface area (Å²) in [6, 6.07) is 13.0. The summed E-state index contributed by atoms with van der Waals surface area (Å²) in [4.78, 5) is 26.4. The second-order valence-electron chi connectivity index (χ2n) is 6.64. The molecular weight excluding hydrogens is 396 g/mol. The topological polar surface area (TPSA) is 58.6 Å². The van der Waals surface area contributed by atoms with E-state index in [2.05, 4.69) is 21.2 Å². The van der Waals surface area contributed by atoms with Crippen LogP contribution in [0.25, 0.3) is 0 Å². The van der Waals surface area contributed by atoms with Crippen molar-refractivity contribution in [1.29, 1.82) is 0 Å². The zero-order valence-electron chi connectivity index (χ0n) is 15.0. The van der Waals surface area contributed by atoms with E-state index in [1.807, 2.05) is 56.3 Å². The van der Waals surface area contributed by atoms with E-state index in [4.69, 9.17) is 4.74 Å². The number of nitrogens with one attached hydrogen (secondary N) is 1. The lowest BCUT2D eigenvalue weighted by Gasteiger charge is -2.22. The van der Waals surface area contributed by atoms with Gasteiger partial charge >= 0.3 is 6.03 Å². The van der Waals surface area contributed by atoms with Gasteiger partial charge in [-0.15, -0.1) is 0 Å². The smallest absolute Gasteiger partial charge is 0.325 e. The van der Waals surface area contributed by atoms with Crippen LogP contribution in [0.2, 0.25) is 0 Å². The minimum absolute atomic E-state index is 0.196. The van der Waals surface area contributed by atoms with Crippen LogP contribution >= 0.6 is 15.9 Å². The molecule has 0 spiro atoms. The minimum atomic E-state index is -1.07. The summed E-state index contributed by atoms with van der Waals surface area (Å²) in [6.07, 6.45) is 0. The molecule has 2 aromatic carbocycles. The van der Waals surface area contributed by atoms with Crippen molar-refractivity contribution in [3.05, 3.63) is 63.6 Å². The molecule has 1 saturated heterocycles. The van der Waals surface area contributed by atoms with Crippen LogP contribution in [0.4, 0.5) is 4.79 Å². The molecule has 3 amide bonds. The number of rotatable bonds is 5. The first-order valence-electron chi connectivity index (χ1n) is 8.41. The number of hydrogen-bond acceptors (Lipinski definition) is 3. The molecule has 0 radical (unpaired) electrons. The van der Waals surface area contributed by atoms with Crippen molar-refractivity contribution >= 4 is 27.9 Å². The summed E-state index contributed by atoms with van der Waals surface area (Å²) in [7, 11) is 0. The number of carbonyl (C=O) groups is 2. The highest BCUT2D eigenvalue weighted by molar-refractivity contribution is 9.10. The molecule has 0 saturated carbocycles. The number of nitrogens with zero attached hydrogens (tertiary/aromatic N) is 1. The third-order valence-corrected chi connectivity index (χ3v) is 5.09. The van der Waals surface area contributed by atoms with Crippen molar-refractivity contribution in [2.75, 3.05) is 13.2 Å². The van der Waals surface area contributed by atoms with E-state index < -0.39 is 11.6 Å². The van der Waals surface area contributed by atoms with Gasteiger partial charge in [-0.2, -0.15) is 0 Å². The molecule has 5 nitrogen and oxygen atoms in total. The lowest BCUT2D eigenvalue weighted by atomic mass is 9.92. The first-order chi connectivity index (χ1) is 12.3. The zero-order valence-corrected chi connectivity index (χ0v) is 16.6. The normalized spacial score (nSPS) is 19.6. The Morgan fingerprint density at radius 1 is 1.15 bits per heavy atom. The van der Waals surface area contributed by atoms with E-state index in [0.717, 1.165) is 26.9 Å². The molecule has 1 aliphatic rings. The summed E-state index contributed by atoms with van der Waals surface area (Å²) in [6.45, 7) is 6.13. The zero-order chi connectivity index (χ0) is 18.9. The summed E-state index contributed by atoms with van der Waals surface area (Å²) < 4.78 is 6.64. The van der Waals surface area contributed by atoms with E-state index in [9.17, 15) is 9.59 Å². The average Bonchev–Trinajstić information content (AvgIpc) is 2.82. The first kappa shape index (κ1) is 18.5. The maximum absolute atomic E-state index is 12.9. The largest absolute Gasteiger partial charge is 0.491 e. The molecule has 1 atom stereocenters. The number of ether oxygens (including phenoxy) is 1. The van der Waals surface area contributed by atoms with Crippen LogP contribution < -0.4 is 10.1 Å². The molecule has 0 aromatic heterocycles. The maximum atomic E-state index is 12.9. The molecular formula is C20H21BrN2O3.